The summed E-state index contributed by atoms with van der Waals surface area (Å²) in [4.78, 5) is 22.3. The Balaban J connectivity index is 3.13. The molecule has 0 saturated carbocycles. The first-order valence-electron chi connectivity index (χ1n) is 4.22. The van der Waals surface area contributed by atoms with Crippen LogP contribution in [0.2, 0.25) is 5.15 Å². The van der Waals surface area contributed by atoms with Gasteiger partial charge in [0.15, 0.2) is 5.43 Å². The molecule has 1 aromatic heterocycles. The van der Waals surface area contributed by atoms with Gasteiger partial charge in [0, 0.05) is 41.4 Å². The SMILES string of the molecule is Cc1cc(=O)c(CNC(=O)I)c(Cl)n1C. The summed E-state index contributed by atoms with van der Waals surface area (Å²) in [5, 5.41) is 2.91. The van der Waals surface area contributed by atoms with Crippen LogP contribution in [-0.2, 0) is 13.6 Å². The largest absolute Gasteiger partial charge is 0.343 e. The van der Waals surface area contributed by atoms with Crippen LogP contribution in [0, 0.1) is 6.92 Å². The Labute approximate surface area is 106 Å². The van der Waals surface area contributed by atoms with Crippen molar-refractivity contribution in [1.82, 2.24) is 9.88 Å². The topological polar surface area (TPSA) is 51.1 Å². The van der Waals surface area contributed by atoms with E-state index in [9.17, 15) is 9.59 Å². The van der Waals surface area contributed by atoms with Gasteiger partial charge in [-0.05, 0) is 6.92 Å². The fraction of sp³-hybridized carbons (Fsp3) is 0.333. The number of carbonyl (C=O) groups is 1. The molecule has 1 N–H and O–H groups in total. The van der Waals surface area contributed by atoms with Gasteiger partial charge in [-0.25, -0.2) is 0 Å². The molecule has 0 radical (unpaired) electrons. The fourth-order valence-corrected chi connectivity index (χ4v) is 1.63. The molecule has 0 aliphatic rings. The van der Waals surface area contributed by atoms with Crippen molar-refractivity contribution in [1.29, 1.82) is 0 Å². The predicted octanol–water partition coefficient (Wildman–Crippen LogP) is 1.99. The third kappa shape index (κ3) is 2.94. The number of carbonyl (C=O) groups excluding carboxylic acids is 1. The summed E-state index contributed by atoms with van der Waals surface area (Å²) < 4.78 is 1.49. The van der Waals surface area contributed by atoms with Crippen LogP contribution in [0.15, 0.2) is 10.9 Å². The molecule has 15 heavy (non-hydrogen) atoms. The Hall–Kier alpha value is -0.560. The molecule has 0 bridgehead atoms. The lowest BCUT2D eigenvalue weighted by atomic mass is 10.2. The number of amides is 1. The second kappa shape index (κ2) is 4.98. The molecule has 0 atom stereocenters. The second-order valence-corrected chi connectivity index (χ2v) is 4.44. The first kappa shape index (κ1) is 12.5. The summed E-state index contributed by atoms with van der Waals surface area (Å²) in [6, 6.07) is 1.50. The van der Waals surface area contributed by atoms with Crippen molar-refractivity contribution in [2.75, 3.05) is 0 Å². The Morgan fingerprint density at radius 3 is 2.80 bits per heavy atom. The molecule has 0 spiro atoms. The fourth-order valence-electron chi connectivity index (χ4n) is 1.15. The predicted molar refractivity (Wildman–Crippen MR) is 67.7 cm³/mol. The van der Waals surface area contributed by atoms with E-state index in [0.29, 0.717) is 10.7 Å². The first-order chi connectivity index (χ1) is 6.93. The van der Waals surface area contributed by atoms with Gasteiger partial charge < -0.3 is 9.88 Å². The number of hydrogen-bond donors (Lipinski definition) is 1. The lowest BCUT2D eigenvalue weighted by Crippen LogP contribution is -2.23. The van der Waals surface area contributed by atoms with Gasteiger partial charge in [-0.15, -0.1) is 0 Å². The second-order valence-electron chi connectivity index (χ2n) is 3.11. The Morgan fingerprint density at radius 2 is 2.27 bits per heavy atom. The van der Waals surface area contributed by atoms with Crippen molar-refractivity contribution in [2.24, 2.45) is 7.05 Å². The number of aromatic nitrogens is 1. The molecule has 1 rings (SSSR count). The van der Waals surface area contributed by atoms with Crippen LogP contribution in [-0.4, -0.2) is 8.48 Å². The van der Waals surface area contributed by atoms with Gasteiger partial charge in [-0.2, -0.15) is 0 Å². The van der Waals surface area contributed by atoms with Crippen LogP contribution in [0.3, 0.4) is 0 Å². The van der Waals surface area contributed by atoms with Gasteiger partial charge in [0.1, 0.15) is 5.15 Å². The Bertz CT molecular complexity index is 456. The quantitative estimate of drug-likeness (QED) is 0.387. The van der Waals surface area contributed by atoms with Gasteiger partial charge in [0.25, 0.3) is 3.91 Å². The third-order valence-electron chi connectivity index (χ3n) is 2.11. The summed E-state index contributed by atoms with van der Waals surface area (Å²) in [7, 11) is 1.77. The van der Waals surface area contributed by atoms with Crippen molar-refractivity contribution in [3.05, 3.63) is 32.7 Å². The number of hydrogen-bond acceptors (Lipinski definition) is 2. The highest BCUT2D eigenvalue weighted by molar-refractivity contribution is 14.1. The smallest absolute Gasteiger partial charge is 0.280 e. The van der Waals surface area contributed by atoms with Crippen LogP contribution >= 0.6 is 34.2 Å². The molecule has 6 heteroatoms. The molecule has 0 aromatic carbocycles. The standard InChI is InChI=1S/C9H10ClIN2O2/c1-5-3-7(14)6(4-12-9(11)15)8(10)13(5)2/h3H,4H2,1-2H3,(H,12,15). The van der Waals surface area contributed by atoms with Crippen molar-refractivity contribution in [3.8, 4) is 0 Å². The normalized spacial score (nSPS) is 10.1. The lowest BCUT2D eigenvalue weighted by Gasteiger charge is -2.11. The summed E-state index contributed by atoms with van der Waals surface area (Å²) in [6.45, 7) is 1.96. The van der Waals surface area contributed by atoms with Crippen LogP contribution < -0.4 is 10.7 Å². The van der Waals surface area contributed by atoms with Crippen molar-refractivity contribution in [3.63, 3.8) is 0 Å². The molecule has 82 valence electrons. The molecule has 0 fully saturated rings. The van der Waals surface area contributed by atoms with E-state index in [2.05, 4.69) is 5.32 Å². The van der Waals surface area contributed by atoms with Crippen LogP contribution in [0.5, 0.6) is 0 Å². The lowest BCUT2D eigenvalue weighted by molar-refractivity contribution is 0.262. The molecule has 0 unspecified atom stereocenters. The molecular weight excluding hydrogens is 330 g/mol. The summed E-state index contributed by atoms with van der Waals surface area (Å²) >= 11 is 7.60. The van der Waals surface area contributed by atoms with E-state index < -0.39 is 0 Å². The highest BCUT2D eigenvalue weighted by Gasteiger charge is 2.10. The zero-order valence-corrected chi connectivity index (χ0v) is 11.2. The van der Waals surface area contributed by atoms with E-state index in [-0.39, 0.29) is 15.9 Å². The van der Waals surface area contributed by atoms with Gasteiger partial charge in [-0.1, -0.05) is 11.6 Å². The molecule has 0 saturated heterocycles. The number of nitrogens with zero attached hydrogens (tertiary/aromatic N) is 1. The number of pyridine rings is 1. The van der Waals surface area contributed by atoms with Crippen LogP contribution in [0.1, 0.15) is 11.3 Å². The Morgan fingerprint density at radius 1 is 1.67 bits per heavy atom. The highest BCUT2D eigenvalue weighted by Crippen LogP contribution is 2.13. The van der Waals surface area contributed by atoms with Gasteiger partial charge in [0.05, 0.1) is 12.1 Å². The molecule has 4 nitrogen and oxygen atoms in total. The Kier molecular flexibility index (Phi) is 4.15. The zero-order valence-electron chi connectivity index (χ0n) is 8.30. The molecular formula is C9H10ClIN2O2. The van der Waals surface area contributed by atoms with Gasteiger partial charge in [0.2, 0.25) is 0 Å². The summed E-state index contributed by atoms with van der Waals surface area (Å²) in [5.74, 6) is 0. The monoisotopic (exact) mass is 340 g/mol. The molecule has 1 aromatic rings. The summed E-state index contributed by atoms with van der Waals surface area (Å²) in [5.41, 5.74) is 1.05. The highest BCUT2D eigenvalue weighted by atomic mass is 127. The van der Waals surface area contributed by atoms with Crippen LogP contribution in [0.25, 0.3) is 0 Å². The van der Waals surface area contributed by atoms with E-state index in [1.54, 1.807) is 41.1 Å². The zero-order chi connectivity index (χ0) is 11.6. The minimum Gasteiger partial charge on any atom is -0.343 e. The molecule has 1 heterocycles. The van der Waals surface area contributed by atoms with Crippen molar-refractivity contribution < 1.29 is 4.79 Å². The van der Waals surface area contributed by atoms with E-state index >= 15 is 0 Å². The average molecular weight is 341 g/mol. The number of rotatable bonds is 2. The molecule has 0 aliphatic heterocycles. The average Bonchev–Trinajstić information content (AvgIpc) is 2.14. The van der Waals surface area contributed by atoms with Crippen molar-refractivity contribution in [2.45, 2.75) is 13.5 Å². The molecule has 0 aliphatic carbocycles. The minimum atomic E-state index is -0.216. The summed E-state index contributed by atoms with van der Waals surface area (Å²) in [6.07, 6.45) is 0. The minimum absolute atomic E-state index is 0.152. The number of nitrogens with one attached hydrogen (secondary N) is 1. The first-order valence-corrected chi connectivity index (χ1v) is 5.67. The van der Waals surface area contributed by atoms with E-state index in [0.717, 1.165) is 5.69 Å². The number of aryl methyl sites for hydroxylation is 1. The number of halogens is 2. The maximum Gasteiger partial charge on any atom is 0.280 e. The van der Waals surface area contributed by atoms with E-state index in [4.69, 9.17) is 11.6 Å². The van der Waals surface area contributed by atoms with Gasteiger partial charge in [-0.3, -0.25) is 9.59 Å². The molecule has 1 amide bonds. The maximum absolute atomic E-state index is 11.6. The van der Waals surface area contributed by atoms with E-state index in [1.807, 2.05) is 0 Å². The van der Waals surface area contributed by atoms with Gasteiger partial charge >= 0.3 is 0 Å². The van der Waals surface area contributed by atoms with Crippen LogP contribution in [0.4, 0.5) is 4.79 Å². The third-order valence-corrected chi connectivity index (χ3v) is 2.98. The van der Waals surface area contributed by atoms with Crippen molar-refractivity contribution >= 4 is 38.1 Å². The van der Waals surface area contributed by atoms with E-state index in [1.165, 1.54) is 6.07 Å². The maximum atomic E-state index is 11.6.